The van der Waals surface area contributed by atoms with Crippen molar-refractivity contribution in [3.63, 3.8) is 0 Å². The summed E-state index contributed by atoms with van der Waals surface area (Å²) in [6, 6.07) is 64.5. The van der Waals surface area contributed by atoms with Gasteiger partial charge >= 0.3 is 0 Å². The molecule has 0 atom stereocenters. The van der Waals surface area contributed by atoms with Crippen LogP contribution in [-0.2, 0) is 0 Å². The van der Waals surface area contributed by atoms with Gasteiger partial charge in [-0.05, 0) is 141 Å². The molecule has 0 spiro atoms. The van der Waals surface area contributed by atoms with Gasteiger partial charge < -0.3 is 13.7 Å². The number of aromatic nitrogens is 2. The summed E-state index contributed by atoms with van der Waals surface area (Å²) >= 11 is 0. The Kier molecular flexibility index (Phi) is 7.44. The van der Waals surface area contributed by atoms with Gasteiger partial charge in [0.1, 0.15) is 11.0 Å². The smallest absolute Gasteiger partial charge is 0.227 e. The Labute approximate surface area is 327 Å². The molecular weight excluding hydrogens is 701 g/mol. The minimum atomic E-state index is 0.588. The SMILES string of the molecule is N#Cc1cc2ccc(-c3ccc4cc(N(c5ccc(-c6nc7ccccc7o6)cc5)c5ccc(-c6nc7ccccc7o6)cc5)ccc4c3)cc2c2ccccc12. The monoisotopic (exact) mass is 730 g/mol. The maximum Gasteiger partial charge on any atom is 0.227 e. The predicted molar refractivity (Wildman–Crippen MR) is 230 cm³/mol. The van der Waals surface area contributed by atoms with Crippen LogP contribution in [0, 0.1) is 11.3 Å². The first kappa shape index (κ1) is 32.4. The predicted octanol–water partition coefficient (Wildman–Crippen LogP) is 13.8. The summed E-state index contributed by atoms with van der Waals surface area (Å²) in [6.45, 7) is 0. The maximum atomic E-state index is 9.80. The first-order chi connectivity index (χ1) is 28.1. The summed E-state index contributed by atoms with van der Waals surface area (Å²) in [6.07, 6.45) is 0. The highest BCUT2D eigenvalue weighted by Crippen LogP contribution is 2.40. The summed E-state index contributed by atoms with van der Waals surface area (Å²) in [4.78, 5) is 11.7. The molecule has 11 aromatic rings. The third kappa shape index (κ3) is 5.65. The molecule has 6 nitrogen and oxygen atoms in total. The van der Waals surface area contributed by atoms with Crippen molar-refractivity contribution in [2.24, 2.45) is 0 Å². The molecule has 266 valence electrons. The number of para-hydroxylation sites is 4. The third-order valence-corrected chi connectivity index (χ3v) is 10.7. The van der Waals surface area contributed by atoms with Crippen molar-refractivity contribution >= 4 is 71.6 Å². The summed E-state index contributed by atoms with van der Waals surface area (Å²) in [5.41, 5.74) is 10.9. The van der Waals surface area contributed by atoms with Gasteiger partial charge in [0, 0.05) is 33.6 Å². The Hall–Kier alpha value is -8.01. The van der Waals surface area contributed by atoms with E-state index < -0.39 is 0 Å². The second-order valence-corrected chi connectivity index (χ2v) is 14.2. The molecule has 0 fully saturated rings. The molecule has 0 bridgehead atoms. The molecule has 0 aliphatic heterocycles. The second kappa shape index (κ2) is 13.1. The number of rotatable bonds is 6. The highest BCUT2D eigenvalue weighted by molar-refractivity contribution is 6.11. The molecule has 11 rings (SSSR count). The fourth-order valence-corrected chi connectivity index (χ4v) is 7.87. The van der Waals surface area contributed by atoms with Crippen LogP contribution in [0.1, 0.15) is 5.56 Å². The Bertz CT molecular complexity index is 3190. The van der Waals surface area contributed by atoms with Crippen molar-refractivity contribution in [2.75, 3.05) is 4.90 Å². The lowest BCUT2D eigenvalue weighted by atomic mass is 9.94. The van der Waals surface area contributed by atoms with E-state index >= 15 is 0 Å². The molecule has 6 heteroatoms. The fourth-order valence-electron chi connectivity index (χ4n) is 7.87. The lowest BCUT2D eigenvalue weighted by Gasteiger charge is -2.26. The van der Waals surface area contributed by atoms with Crippen LogP contribution in [0.3, 0.4) is 0 Å². The minimum absolute atomic E-state index is 0.588. The lowest BCUT2D eigenvalue weighted by molar-refractivity contribution is 0.619. The van der Waals surface area contributed by atoms with Gasteiger partial charge in [-0.15, -0.1) is 0 Å². The molecule has 0 radical (unpaired) electrons. The standard InChI is InChI=1S/C51H30N4O2/c52-31-39-28-38-16-15-37(30-45(38)44-8-2-1-7-43(39)44)34-13-14-36-29-42(26-21-35(36)27-34)55(40-22-17-32(18-23-40)50-53-46-9-3-5-11-48(46)56-50)41-24-19-33(20-25-41)51-54-47-10-4-6-12-49(47)57-51/h1-30H. The number of nitrogens with zero attached hydrogens (tertiary/aromatic N) is 4. The molecule has 2 heterocycles. The lowest BCUT2D eigenvalue weighted by Crippen LogP contribution is -2.09. The molecule has 2 aromatic heterocycles. The average Bonchev–Trinajstić information content (AvgIpc) is 3.92. The molecule has 9 aromatic carbocycles. The number of fused-ring (bicyclic) bond motifs is 6. The zero-order valence-electron chi connectivity index (χ0n) is 30.4. The number of oxazole rings is 2. The van der Waals surface area contributed by atoms with Gasteiger partial charge in [0.25, 0.3) is 0 Å². The molecule has 0 aliphatic carbocycles. The molecule has 0 N–H and O–H groups in total. The molecule has 0 unspecified atom stereocenters. The first-order valence-corrected chi connectivity index (χ1v) is 18.8. The van der Waals surface area contributed by atoms with Gasteiger partial charge in [-0.2, -0.15) is 5.26 Å². The molecule has 0 saturated carbocycles. The quantitative estimate of drug-likeness (QED) is 0.159. The average molecular weight is 731 g/mol. The van der Waals surface area contributed by atoms with E-state index in [1.165, 1.54) is 0 Å². The molecule has 0 aliphatic rings. The van der Waals surface area contributed by atoms with Crippen molar-refractivity contribution < 1.29 is 8.83 Å². The van der Waals surface area contributed by atoms with E-state index in [-0.39, 0.29) is 0 Å². The number of hydrogen-bond acceptors (Lipinski definition) is 6. The summed E-state index contributed by atoms with van der Waals surface area (Å²) in [5.74, 6) is 1.18. The van der Waals surface area contributed by atoms with Crippen molar-refractivity contribution in [3.8, 4) is 40.1 Å². The number of anilines is 3. The van der Waals surface area contributed by atoms with Gasteiger partial charge in [-0.3, -0.25) is 0 Å². The largest absolute Gasteiger partial charge is 0.436 e. The Balaban J connectivity index is 0.977. The second-order valence-electron chi connectivity index (χ2n) is 14.2. The topological polar surface area (TPSA) is 79.1 Å². The van der Waals surface area contributed by atoms with E-state index in [0.29, 0.717) is 17.3 Å². The van der Waals surface area contributed by atoms with Crippen molar-refractivity contribution in [1.29, 1.82) is 5.26 Å². The zero-order valence-corrected chi connectivity index (χ0v) is 30.4. The maximum absolute atomic E-state index is 9.80. The number of hydrogen-bond donors (Lipinski definition) is 0. The summed E-state index contributed by atoms with van der Waals surface area (Å²) in [5, 5.41) is 16.3. The molecule has 0 amide bonds. The van der Waals surface area contributed by atoms with Crippen LogP contribution < -0.4 is 4.90 Å². The number of nitriles is 1. The van der Waals surface area contributed by atoms with Gasteiger partial charge in [0.2, 0.25) is 11.8 Å². The van der Waals surface area contributed by atoms with Crippen LogP contribution in [0.5, 0.6) is 0 Å². The molecular formula is C51H30N4O2. The van der Waals surface area contributed by atoms with Crippen molar-refractivity contribution in [2.45, 2.75) is 0 Å². The van der Waals surface area contributed by atoms with Crippen LogP contribution in [-0.4, -0.2) is 9.97 Å². The van der Waals surface area contributed by atoms with Crippen molar-refractivity contribution in [1.82, 2.24) is 9.97 Å². The van der Waals surface area contributed by atoms with E-state index in [4.69, 9.17) is 18.8 Å². The zero-order chi connectivity index (χ0) is 37.9. The van der Waals surface area contributed by atoms with Crippen LogP contribution in [0.2, 0.25) is 0 Å². The van der Waals surface area contributed by atoms with Gasteiger partial charge in [0.15, 0.2) is 11.2 Å². The van der Waals surface area contributed by atoms with E-state index in [9.17, 15) is 5.26 Å². The normalized spacial score (nSPS) is 11.5. The highest BCUT2D eigenvalue weighted by Gasteiger charge is 2.17. The van der Waals surface area contributed by atoms with Crippen LogP contribution in [0.15, 0.2) is 191 Å². The van der Waals surface area contributed by atoms with Gasteiger partial charge in [0.05, 0.1) is 11.6 Å². The minimum Gasteiger partial charge on any atom is -0.436 e. The molecule has 0 saturated heterocycles. The van der Waals surface area contributed by atoms with Crippen LogP contribution in [0.25, 0.3) is 88.6 Å². The third-order valence-electron chi connectivity index (χ3n) is 10.7. The Morgan fingerprint density at radius 1 is 0.404 bits per heavy atom. The summed E-state index contributed by atoms with van der Waals surface area (Å²) in [7, 11) is 0. The molecule has 57 heavy (non-hydrogen) atoms. The fraction of sp³-hybridized carbons (Fsp3) is 0. The van der Waals surface area contributed by atoms with Crippen molar-refractivity contribution in [3.05, 3.63) is 188 Å². The van der Waals surface area contributed by atoms with Gasteiger partial charge in [-0.1, -0.05) is 78.9 Å². The Morgan fingerprint density at radius 3 is 1.51 bits per heavy atom. The van der Waals surface area contributed by atoms with Crippen LogP contribution >= 0.6 is 0 Å². The van der Waals surface area contributed by atoms with Gasteiger partial charge in [-0.25, -0.2) is 9.97 Å². The van der Waals surface area contributed by atoms with Crippen LogP contribution in [0.4, 0.5) is 17.1 Å². The van der Waals surface area contributed by atoms with E-state index in [2.05, 4.69) is 120 Å². The van der Waals surface area contributed by atoms with E-state index in [0.717, 1.165) is 93.8 Å². The summed E-state index contributed by atoms with van der Waals surface area (Å²) < 4.78 is 12.2. The number of benzene rings is 9. The van der Waals surface area contributed by atoms with E-state index in [1.807, 2.05) is 72.8 Å². The highest BCUT2D eigenvalue weighted by atomic mass is 16.4. The first-order valence-electron chi connectivity index (χ1n) is 18.8. The Morgan fingerprint density at radius 2 is 0.895 bits per heavy atom. The van der Waals surface area contributed by atoms with E-state index in [1.54, 1.807) is 0 Å².